The van der Waals surface area contributed by atoms with Crippen molar-refractivity contribution in [3.8, 4) is 5.75 Å². The highest BCUT2D eigenvalue weighted by atomic mass is 35.5. The van der Waals surface area contributed by atoms with E-state index in [1.807, 2.05) is 0 Å². The van der Waals surface area contributed by atoms with E-state index in [0.29, 0.717) is 6.54 Å². The van der Waals surface area contributed by atoms with Crippen molar-refractivity contribution < 1.29 is 14.5 Å². The molecule has 0 saturated heterocycles. The van der Waals surface area contributed by atoms with E-state index in [2.05, 4.69) is 12.2 Å². The molecule has 1 amide bonds. The highest BCUT2D eigenvalue weighted by Gasteiger charge is 2.16. The molecule has 0 aromatic heterocycles. The van der Waals surface area contributed by atoms with Gasteiger partial charge in [0.2, 0.25) is 0 Å². The standard InChI is InChI=1S/C14H19ClN2O4/c1-2-3-4-5-8-16-14(18)10-21-13-7-6-11(15)9-12(13)17(19)20/h6-7,9H,2-5,8,10H2,1H3,(H,16,18). The topological polar surface area (TPSA) is 81.5 Å². The van der Waals surface area contributed by atoms with Crippen LogP contribution in [0.1, 0.15) is 32.6 Å². The minimum atomic E-state index is -0.593. The Morgan fingerprint density at radius 2 is 2.14 bits per heavy atom. The summed E-state index contributed by atoms with van der Waals surface area (Å²) in [6.45, 7) is 2.45. The summed E-state index contributed by atoms with van der Waals surface area (Å²) < 4.78 is 5.18. The number of amides is 1. The van der Waals surface area contributed by atoms with Crippen LogP contribution in [0.15, 0.2) is 18.2 Å². The molecule has 1 aromatic carbocycles. The summed E-state index contributed by atoms with van der Waals surface area (Å²) in [4.78, 5) is 21.8. The maximum atomic E-state index is 11.6. The Bertz CT molecular complexity index is 494. The molecule has 7 heteroatoms. The van der Waals surface area contributed by atoms with Crippen molar-refractivity contribution in [2.45, 2.75) is 32.6 Å². The number of ether oxygens (including phenoxy) is 1. The monoisotopic (exact) mass is 314 g/mol. The Kier molecular flexibility index (Phi) is 7.53. The van der Waals surface area contributed by atoms with Crippen LogP contribution in [0, 0.1) is 10.1 Å². The normalized spacial score (nSPS) is 10.2. The molecule has 1 aromatic rings. The zero-order valence-corrected chi connectivity index (χ0v) is 12.7. The van der Waals surface area contributed by atoms with Gasteiger partial charge in [0.1, 0.15) is 0 Å². The molecule has 0 bridgehead atoms. The number of benzene rings is 1. The van der Waals surface area contributed by atoms with Crippen molar-refractivity contribution in [1.29, 1.82) is 0 Å². The molecule has 0 radical (unpaired) electrons. The Morgan fingerprint density at radius 3 is 2.81 bits per heavy atom. The first-order chi connectivity index (χ1) is 10.0. The van der Waals surface area contributed by atoms with Crippen LogP contribution in [-0.2, 0) is 4.79 Å². The molecule has 0 saturated carbocycles. The fraction of sp³-hybridized carbons (Fsp3) is 0.500. The molecule has 0 aliphatic heterocycles. The minimum absolute atomic E-state index is 0.0329. The fourth-order valence-electron chi connectivity index (χ4n) is 1.73. The van der Waals surface area contributed by atoms with Crippen LogP contribution in [0.5, 0.6) is 5.75 Å². The van der Waals surface area contributed by atoms with Gasteiger partial charge in [0.15, 0.2) is 12.4 Å². The highest BCUT2D eigenvalue weighted by molar-refractivity contribution is 6.30. The number of unbranched alkanes of at least 4 members (excludes halogenated alkanes) is 3. The summed E-state index contributed by atoms with van der Waals surface area (Å²) in [7, 11) is 0. The largest absolute Gasteiger partial charge is 0.477 e. The number of hydrogen-bond acceptors (Lipinski definition) is 4. The number of nitrogens with one attached hydrogen (secondary N) is 1. The third kappa shape index (κ3) is 6.44. The maximum Gasteiger partial charge on any atom is 0.312 e. The lowest BCUT2D eigenvalue weighted by atomic mass is 10.2. The van der Waals surface area contributed by atoms with E-state index < -0.39 is 4.92 Å². The van der Waals surface area contributed by atoms with Crippen LogP contribution in [-0.4, -0.2) is 24.0 Å². The van der Waals surface area contributed by atoms with Gasteiger partial charge >= 0.3 is 5.69 Å². The van der Waals surface area contributed by atoms with Crippen LogP contribution in [0.2, 0.25) is 5.02 Å². The summed E-state index contributed by atoms with van der Waals surface area (Å²) in [6, 6.07) is 4.06. The number of hydrogen-bond donors (Lipinski definition) is 1. The molecule has 1 N–H and O–H groups in total. The predicted molar refractivity (Wildman–Crippen MR) is 80.8 cm³/mol. The maximum absolute atomic E-state index is 11.6. The van der Waals surface area contributed by atoms with Gasteiger partial charge in [-0.25, -0.2) is 0 Å². The molecule has 1 rings (SSSR count). The van der Waals surface area contributed by atoms with Crippen LogP contribution < -0.4 is 10.1 Å². The van der Waals surface area contributed by atoms with Crippen molar-refractivity contribution in [1.82, 2.24) is 5.32 Å². The number of nitro benzene ring substituents is 1. The molecular formula is C14H19ClN2O4. The number of nitro groups is 1. The van der Waals surface area contributed by atoms with E-state index in [0.717, 1.165) is 25.7 Å². The first kappa shape index (κ1) is 17.2. The lowest BCUT2D eigenvalue weighted by molar-refractivity contribution is -0.385. The van der Waals surface area contributed by atoms with Gasteiger partial charge in [0.05, 0.1) is 4.92 Å². The van der Waals surface area contributed by atoms with Crippen LogP contribution >= 0.6 is 11.6 Å². The molecule has 0 atom stereocenters. The van der Waals surface area contributed by atoms with E-state index in [4.69, 9.17) is 16.3 Å². The highest BCUT2D eigenvalue weighted by Crippen LogP contribution is 2.29. The summed E-state index contributed by atoms with van der Waals surface area (Å²) in [5.74, 6) is -0.263. The van der Waals surface area contributed by atoms with E-state index in [-0.39, 0.29) is 29.0 Å². The van der Waals surface area contributed by atoms with Gasteiger partial charge in [0.25, 0.3) is 5.91 Å². The zero-order valence-electron chi connectivity index (χ0n) is 11.9. The van der Waals surface area contributed by atoms with E-state index in [9.17, 15) is 14.9 Å². The number of nitrogens with zero attached hydrogens (tertiary/aromatic N) is 1. The number of carbonyl (C=O) groups excluding carboxylic acids is 1. The van der Waals surface area contributed by atoms with Crippen LogP contribution in [0.4, 0.5) is 5.69 Å². The van der Waals surface area contributed by atoms with Gasteiger partial charge in [-0.2, -0.15) is 0 Å². The zero-order chi connectivity index (χ0) is 15.7. The van der Waals surface area contributed by atoms with Crippen molar-refractivity contribution in [3.05, 3.63) is 33.3 Å². The Hall–Kier alpha value is -1.82. The molecule has 0 aliphatic rings. The summed E-state index contributed by atoms with van der Waals surface area (Å²) in [5.41, 5.74) is -0.252. The summed E-state index contributed by atoms with van der Waals surface area (Å²) in [6.07, 6.45) is 4.27. The van der Waals surface area contributed by atoms with Gasteiger partial charge in [-0.15, -0.1) is 0 Å². The Morgan fingerprint density at radius 1 is 1.38 bits per heavy atom. The SMILES string of the molecule is CCCCCCNC(=O)COc1ccc(Cl)cc1[N+](=O)[O-]. The quantitative estimate of drug-likeness (QED) is 0.430. The number of rotatable bonds is 9. The second-order valence-corrected chi connectivity index (χ2v) is 5.00. The van der Waals surface area contributed by atoms with Gasteiger partial charge in [-0.3, -0.25) is 14.9 Å². The molecule has 0 aliphatic carbocycles. The van der Waals surface area contributed by atoms with Crippen molar-refractivity contribution in [2.24, 2.45) is 0 Å². The van der Waals surface area contributed by atoms with Crippen molar-refractivity contribution in [2.75, 3.05) is 13.2 Å². The second-order valence-electron chi connectivity index (χ2n) is 4.57. The van der Waals surface area contributed by atoms with Crippen LogP contribution in [0.3, 0.4) is 0 Å². The average molecular weight is 315 g/mol. The lowest BCUT2D eigenvalue weighted by Crippen LogP contribution is -2.29. The molecular weight excluding hydrogens is 296 g/mol. The smallest absolute Gasteiger partial charge is 0.312 e. The summed E-state index contributed by atoms with van der Waals surface area (Å²) in [5, 5.41) is 13.8. The second kappa shape index (κ2) is 9.18. The summed E-state index contributed by atoms with van der Waals surface area (Å²) >= 11 is 5.69. The molecule has 6 nitrogen and oxygen atoms in total. The van der Waals surface area contributed by atoms with Crippen molar-refractivity contribution in [3.63, 3.8) is 0 Å². The predicted octanol–water partition coefficient (Wildman–Crippen LogP) is 3.32. The first-order valence-corrected chi connectivity index (χ1v) is 7.25. The first-order valence-electron chi connectivity index (χ1n) is 6.88. The lowest BCUT2D eigenvalue weighted by Gasteiger charge is -2.08. The third-order valence-corrected chi connectivity index (χ3v) is 3.06. The Labute approximate surface area is 128 Å². The van der Waals surface area contributed by atoms with Crippen LogP contribution in [0.25, 0.3) is 0 Å². The third-order valence-electron chi connectivity index (χ3n) is 2.83. The Balaban J connectivity index is 2.41. The van der Waals surface area contributed by atoms with E-state index in [1.165, 1.54) is 18.2 Å². The molecule has 116 valence electrons. The van der Waals surface area contributed by atoms with E-state index >= 15 is 0 Å². The van der Waals surface area contributed by atoms with Gasteiger partial charge in [0, 0.05) is 17.6 Å². The van der Waals surface area contributed by atoms with Gasteiger partial charge in [-0.1, -0.05) is 37.8 Å². The molecule has 0 heterocycles. The molecule has 0 spiro atoms. The number of halogens is 1. The van der Waals surface area contributed by atoms with Crippen molar-refractivity contribution >= 4 is 23.2 Å². The molecule has 21 heavy (non-hydrogen) atoms. The molecule has 0 unspecified atom stereocenters. The minimum Gasteiger partial charge on any atom is -0.477 e. The number of carbonyl (C=O) groups is 1. The molecule has 0 fully saturated rings. The van der Waals surface area contributed by atoms with Gasteiger partial charge < -0.3 is 10.1 Å². The van der Waals surface area contributed by atoms with E-state index in [1.54, 1.807) is 0 Å². The average Bonchev–Trinajstić information content (AvgIpc) is 2.45. The van der Waals surface area contributed by atoms with Gasteiger partial charge in [-0.05, 0) is 18.6 Å². The fourth-order valence-corrected chi connectivity index (χ4v) is 1.90.